The lowest BCUT2D eigenvalue weighted by Crippen LogP contribution is -2.42. The highest BCUT2D eigenvalue weighted by Crippen LogP contribution is 2.29. The van der Waals surface area contributed by atoms with Crippen LogP contribution < -0.4 is 5.32 Å². The third-order valence-corrected chi connectivity index (χ3v) is 3.18. The zero-order valence-electron chi connectivity index (χ0n) is 11.5. The van der Waals surface area contributed by atoms with E-state index >= 15 is 0 Å². The van der Waals surface area contributed by atoms with E-state index in [0.29, 0.717) is 18.3 Å². The molecule has 5 nitrogen and oxygen atoms in total. The standard InChI is InChI=1S/C13H24N2O3/c1-9(2)6-11(12(16)17)7-14-13(18)15(3)8-10-4-5-10/h9-11H,4-8H2,1-3H3,(H,14,18)(H,16,17). The number of hydrogen-bond acceptors (Lipinski definition) is 2. The minimum atomic E-state index is -0.839. The minimum absolute atomic E-state index is 0.170. The molecule has 18 heavy (non-hydrogen) atoms. The molecule has 1 saturated carbocycles. The van der Waals surface area contributed by atoms with Gasteiger partial charge in [0.2, 0.25) is 0 Å². The van der Waals surface area contributed by atoms with Crippen molar-refractivity contribution in [2.75, 3.05) is 20.1 Å². The Balaban J connectivity index is 2.30. The summed E-state index contributed by atoms with van der Waals surface area (Å²) in [5.41, 5.74) is 0. The van der Waals surface area contributed by atoms with Crippen molar-refractivity contribution in [1.82, 2.24) is 10.2 Å². The van der Waals surface area contributed by atoms with Crippen LogP contribution >= 0.6 is 0 Å². The third kappa shape index (κ3) is 5.38. The van der Waals surface area contributed by atoms with Crippen LogP contribution in [0.2, 0.25) is 0 Å². The van der Waals surface area contributed by atoms with Crippen LogP contribution in [0.4, 0.5) is 4.79 Å². The predicted molar refractivity (Wildman–Crippen MR) is 69.3 cm³/mol. The Morgan fingerprint density at radius 2 is 2.00 bits per heavy atom. The smallest absolute Gasteiger partial charge is 0.317 e. The number of rotatable bonds is 7. The van der Waals surface area contributed by atoms with Gasteiger partial charge >= 0.3 is 12.0 Å². The first kappa shape index (κ1) is 14.8. The molecule has 0 bridgehead atoms. The van der Waals surface area contributed by atoms with E-state index < -0.39 is 11.9 Å². The van der Waals surface area contributed by atoms with Crippen LogP contribution in [0.25, 0.3) is 0 Å². The molecule has 0 spiro atoms. The van der Waals surface area contributed by atoms with Gasteiger partial charge in [0, 0.05) is 20.1 Å². The van der Waals surface area contributed by atoms with Gasteiger partial charge < -0.3 is 15.3 Å². The number of hydrogen-bond donors (Lipinski definition) is 2. The zero-order valence-corrected chi connectivity index (χ0v) is 11.5. The second-order valence-corrected chi connectivity index (χ2v) is 5.67. The Hall–Kier alpha value is -1.26. The van der Waals surface area contributed by atoms with Crippen molar-refractivity contribution in [2.24, 2.45) is 17.8 Å². The fraction of sp³-hybridized carbons (Fsp3) is 0.846. The van der Waals surface area contributed by atoms with Crippen molar-refractivity contribution in [3.8, 4) is 0 Å². The summed E-state index contributed by atoms with van der Waals surface area (Å²) < 4.78 is 0. The maximum absolute atomic E-state index is 11.7. The number of nitrogens with zero attached hydrogens (tertiary/aromatic N) is 1. The van der Waals surface area contributed by atoms with Gasteiger partial charge in [0.1, 0.15) is 0 Å². The topological polar surface area (TPSA) is 69.6 Å². The van der Waals surface area contributed by atoms with Crippen molar-refractivity contribution in [3.63, 3.8) is 0 Å². The Kier molecular flexibility index (Phi) is 5.44. The Labute approximate surface area is 109 Å². The van der Waals surface area contributed by atoms with Crippen molar-refractivity contribution in [3.05, 3.63) is 0 Å². The number of carboxylic acid groups (broad SMARTS) is 1. The average Bonchev–Trinajstić information content (AvgIpc) is 3.06. The minimum Gasteiger partial charge on any atom is -0.481 e. The summed E-state index contributed by atoms with van der Waals surface area (Å²) in [6, 6.07) is -0.170. The second-order valence-electron chi connectivity index (χ2n) is 5.67. The van der Waals surface area contributed by atoms with Crippen LogP contribution in [0.3, 0.4) is 0 Å². The van der Waals surface area contributed by atoms with Crippen LogP contribution in [0.5, 0.6) is 0 Å². The highest BCUT2D eigenvalue weighted by molar-refractivity contribution is 5.75. The molecular formula is C13H24N2O3. The molecule has 1 aliphatic carbocycles. The maximum atomic E-state index is 11.7. The van der Waals surface area contributed by atoms with Crippen LogP contribution in [0, 0.1) is 17.8 Å². The van der Waals surface area contributed by atoms with Crippen molar-refractivity contribution >= 4 is 12.0 Å². The first-order valence-electron chi connectivity index (χ1n) is 6.62. The van der Waals surface area contributed by atoms with Crippen LogP contribution in [0.1, 0.15) is 33.1 Å². The van der Waals surface area contributed by atoms with Gasteiger partial charge in [-0.15, -0.1) is 0 Å². The van der Waals surface area contributed by atoms with E-state index in [1.807, 2.05) is 13.8 Å². The van der Waals surface area contributed by atoms with E-state index in [9.17, 15) is 9.59 Å². The van der Waals surface area contributed by atoms with Gasteiger partial charge in [-0.1, -0.05) is 13.8 Å². The van der Waals surface area contributed by atoms with Gasteiger partial charge in [-0.3, -0.25) is 4.79 Å². The number of urea groups is 1. The van der Waals surface area contributed by atoms with Crippen LogP contribution in [-0.2, 0) is 4.79 Å². The quantitative estimate of drug-likeness (QED) is 0.729. The van der Waals surface area contributed by atoms with Crippen LogP contribution in [0.15, 0.2) is 0 Å². The first-order chi connectivity index (χ1) is 8.40. The highest BCUT2D eigenvalue weighted by Gasteiger charge is 2.25. The van der Waals surface area contributed by atoms with Crippen molar-refractivity contribution in [2.45, 2.75) is 33.1 Å². The average molecular weight is 256 g/mol. The molecule has 2 N–H and O–H groups in total. The molecule has 0 aromatic carbocycles. The van der Waals surface area contributed by atoms with Gasteiger partial charge in [0.05, 0.1) is 5.92 Å². The number of aliphatic carboxylic acids is 1. The summed E-state index contributed by atoms with van der Waals surface area (Å²) in [4.78, 5) is 24.4. The van der Waals surface area contributed by atoms with Crippen molar-refractivity contribution < 1.29 is 14.7 Å². The van der Waals surface area contributed by atoms with E-state index in [1.165, 1.54) is 12.8 Å². The highest BCUT2D eigenvalue weighted by atomic mass is 16.4. The van der Waals surface area contributed by atoms with Crippen LogP contribution in [-0.4, -0.2) is 42.1 Å². The molecule has 0 heterocycles. The first-order valence-corrected chi connectivity index (χ1v) is 6.62. The summed E-state index contributed by atoms with van der Waals surface area (Å²) in [5.74, 6) is -0.379. The molecule has 0 aromatic rings. The lowest BCUT2D eigenvalue weighted by Gasteiger charge is -2.20. The van der Waals surface area contributed by atoms with Gasteiger partial charge in [0.25, 0.3) is 0 Å². The van der Waals surface area contributed by atoms with E-state index in [1.54, 1.807) is 11.9 Å². The molecule has 0 aliphatic heterocycles. The summed E-state index contributed by atoms with van der Waals surface area (Å²) in [6.07, 6.45) is 2.98. The Morgan fingerprint density at radius 1 is 1.39 bits per heavy atom. The maximum Gasteiger partial charge on any atom is 0.317 e. The Bertz CT molecular complexity index is 301. The van der Waals surface area contributed by atoms with E-state index in [2.05, 4.69) is 5.32 Å². The summed E-state index contributed by atoms with van der Waals surface area (Å²) >= 11 is 0. The molecule has 1 rings (SSSR count). The third-order valence-electron chi connectivity index (χ3n) is 3.18. The van der Waals surface area contributed by atoms with E-state index in [-0.39, 0.29) is 12.6 Å². The Morgan fingerprint density at radius 3 is 2.44 bits per heavy atom. The normalized spacial score (nSPS) is 16.4. The fourth-order valence-corrected chi connectivity index (χ4v) is 1.96. The summed E-state index contributed by atoms with van der Waals surface area (Å²) in [7, 11) is 1.76. The van der Waals surface area contributed by atoms with Gasteiger partial charge in [0.15, 0.2) is 0 Å². The second kappa shape index (κ2) is 6.61. The number of carbonyl (C=O) groups excluding carboxylic acids is 1. The molecule has 0 aromatic heterocycles. The zero-order chi connectivity index (χ0) is 13.7. The van der Waals surface area contributed by atoms with E-state index in [4.69, 9.17) is 5.11 Å². The molecule has 1 unspecified atom stereocenters. The predicted octanol–water partition coefficient (Wildman–Crippen LogP) is 1.78. The molecular weight excluding hydrogens is 232 g/mol. The van der Waals surface area contributed by atoms with E-state index in [0.717, 1.165) is 6.54 Å². The molecule has 104 valence electrons. The summed E-state index contributed by atoms with van der Waals surface area (Å²) in [6.45, 7) is 4.95. The molecule has 1 atom stereocenters. The SMILES string of the molecule is CC(C)CC(CNC(=O)N(C)CC1CC1)C(=O)O. The molecule has 2 amide bonds. The fourth-order valence-electron chi connectivity index (χ4n) is 1.96. The van der Waals surface area contributed by atoms with Gasteiger partial charge in [-0.2, -0.15) is 0 Å². The number of amides is 2. The number of nitrogens with one attached hydrogen (secondary N) is 1. The molecule has 0 radical (unpaired) electrons. The van der Waals surface area contributed by atoms with Gasteiger partial charge in [-0.25, -0.2) is 4.79 Å². The number of carboxylic acids is 1. The monoisotopic (exact) mass is 256 g/mol. The molecule has 1 fully saturated rings. The molecule has 5 heteroatoms. The lowest BCUT2D eigenvalue weighted by atomic mass is 9.97. The van der Waals surface area contributed by atoms with Crippen molar-refractivity contribution in [1.29, 1.82) is 0 Å². The lowest BCUT2D eigenvalue weighted by molar-refractivity contribution is -0.142. The molecule has 1 aliphatic rings. The van der Waals surface area contributed by atoms with Gasteiger partial charge in [-0.05, 0) is 31.1 Å². The largest absolute Gasteiger partial charge is 0.481 e. The summed E-state index contributed by atoms with van der Waals surface area (Å²) in [5, 5.41) is 11.8. The molecule has 0 saturated heterocycles. The number of carbonyl (C=O) groups is 2.